The topological polar surface area (TPSA) is 89.4 Å². The second-order valence-electron chi connectivity index (χ2n) is 8.11. The zero-order valence-corrected chi connectivity index (χ0v) is 22.2. The molecule has 1 aliphatic rings. The molecule has 1 fully saturated rings. The average Bonchev–Trinajstić information content (AvgIpc) is 2.77. The molecule has 1 aliphatic heterocycles. The zero-order chi connectivity index (χ0) is 22.7. The lowest BCUT2D eigenvalue weighted by Crippen LogP contribution is -2.52. The minimum absolute atomic E-state index is 0. The maximum Gasteiger partial charge on any atom is 0.253 e. The lowest BCUT2D eigenvalue weighted by molar-refractivity contribution is -0.0201. The van der Waals surface area contributed by atoms with Crippen LogP contribution in [0, 0.1) is 0 Å². The highest BCUT2D eigenvalue weighted by atomic mass is 127. The number of aliphatic hydroxyl groups is 1. The van der Waals surface area contributed by atoms with E-state index in [4.69, 9.17) is 4.74 Å². The standard InChI is InChI=1S/C23H39N5O3.HI/c1-5-24-22(26-17-23(4,30)18-27-12-14-31-15-13-27)25-16-19-8-10-20(11-9-19)21(29)28(6-2)7-3;/h8-11,30H,5-7,12-18H2,1-4H3,(H2,24,25,26);1H. The van der Waals surface area contributed by atoms with E-state index in [1.807, 2.05) is 56.9 Å². The van der Waals surface area contributed by atoms with Crippen molar-refractivity contribution in [1.29, 1.82) is 0 Å². The maximum atomic E-state index is 12.4. The van der Waals surface area contributed by atoms with Crippen LogP contribution in [0.1, 0.15) is 43.6 Å². The molecule has 1 unspecified atom stereocenters. The van der Waals surface area contributed by atoms with Gasteiger partial charge >= 0.3 is 0 Å². The summed E-state index contributed by atoms with van der Waals surface area (Å²) >= 11 is 0. The number of nitrogens with one attached hydrogen (secondary N) is 2. The molecule has 1 aromatic rings. The van der Waals surface area contributed by atoms with E-state index in [2.05, 4.69) is 20.5 Å². The maximum absolute atomic E-state index is 12.4. The van der Waals surface area contributed by atoms with Gasteiger partial charge in [0.2, 0.25) is 0 Å². The SMILES string of the molecule is CCNC(=NCc1ccc(C(=O)N(CC)CC)cc1)NCC(C)(O)CN1CCOCC1.I. The Bertz CT molecular complexity index is 702. The van der Waals surface area contributed by atoms with Gasteiger partial charge in [-0.05, 0) is 45.4 Å². The molecule has 1 aromatic carbocycles. The molecule has 1 atom stereocenters. The first-order valence-corrected chi connectivity index (χ1v) is 11.3. The molecule has 182 valence electrons. The van der Waals surface area contributed by atoms with Gasteiger partial charge in [0, 0.05) is 51.4 Å². The predicted octanol–water partition coefficient (Wildman–Crippen LogP) is 1.92. The summed E-state index contributed by atoms with van der Waals surface area (Å²) in [4.78, 5) is 21.1. The van der Waals surface area contributed by atoms with E-state index in [1.54, 1.807) is 0 Å². The predicted molar refractivity (Wildman–Crippen MR) is 140 cm³/mol. The van der Waals surface area contributed by atoms with E-state index in [-0.39, 0.29) is 29.9 Å². The third-order valence-corrected chi connectivity index (χ3v) is 5.32. The largest absolute Gasteiger partial charge is 0.387 e. The van der Waals surface area contributed by atoms with Crippen molar-refractivity contribution in [2.75, 3.05) is 59.0 Å². The highest BCUT2D eigenvalue weighted by molar-refractivity contribution is 14.0. The minimum atomic E-state index is -0.875. The van der Waals surface area contributed by atoms with E-state index in [0.717, 1.165) is 25.2 Å². The van der Waals surface area contributed by atoms with E-state index in [9.17, 15) is 9.90 Å². The fraction of sp³-hybridized carbons (Fsp3) is 0.652. The summed E-state index contributed by atoms with van der Waals surface area (Å²) < 4.78 is 5.37. The number of guanidine groups is 1. The van der Waals surface area contributed by atoms with Gasteiger partial charge in [0.1, 0.15) is 0 Å². The third kappa shape index (κ3) is 9.60. The summed E-state index contributed by atoms with van der Waals surface area (Å²) in [6, 6.07) is 7.61. The second-order valence-corrected chi connectivity index (χ2v) is 8.11. The molecular formula is C23H40IN5O3. The molecule has 3 N–H and O–H groups in total. The summed E-state index contributed by atoms with van der Waals surface area (Å²) in [7, 11) is 0. The van der Waals surface area contributed by atoms with Crippen LogP contribution in [0.3, 0.4) is 0 Å². The monoisotopic (exact) mass is 561 g/mol. The average molecular weight is 562 g/mol. The van der Waals surface area contributed by atoms with Gasteiger partial charge < -0.3 is 25.4 Å². The number of hydrogen-bond donors (Lipinski definition) is 3. The molecule has 1 saturated heterocycles. The van der Waals surface area contributed by atoms with Gasteiger partial charge in [-0.25, -0.2) is 4.99 Å². The number of aliphatic imine (C=N–C) groups is 1. The van der Waals surface area contributed by atoms with Crippen molar-refractivity contribution in [2.45, 2.75) is 39.8 Å². The van der Waals surface area contributed by atoms with Crippen molar-refractivity contribution in [3.05, 3.63) is 35.4 Å². The number of ether oxygens (including phenoxy) is 1. The van der Waals surface area contributed by atoms with Gasteiger partial charge in [-0.1, -0.05) is 12.1 Å². The quantitative estimate of drug-likeness (QED) is 0.230. The molecule has 8 nitrogen and oxygen atoms in total. The number of nitrogens with zero attached hydrogens (tertiary/aromatic N) is 3. The van der Waals surface area contributed by atoms with Crippen molar-refractivity contribution >= 4 is 35.8 Å². The Morgan fingerprint density at radius 1 is 1.16 bits per heavy atom. The first-order valence-electron chi connectivity index (χ1n) is 11.3. The van der Waals surface area contributed by atoms with Crippen molar-refractivity contribution in [3.63, 3.8) is 0 Å². The van der Waals surface area contributed by atoms with Crippen LogP contribution < -0.4 is 10.6 Å². The molecule has 0 radical (unpaired) electrons. The number of hydrogen-bond acceptors (Lipinski definition) is 5. The zero-order valence-electron chi connectivity index (χ0n) is 19.9. The van der Waals surface area contributed by atoms with Gasteiger partial charge in [-0.15, -0.1) is 24.0 Å². The number of carbonyl (C=O) groups is 1. The Morgan fingerprint density at radius 2 is 1.78 bits per heavy atom. The molecule has 0 bridgehead atoms. The van der Waals surface area contributed by atoms with Crippen LogP contribution in [0.15, 0.2) is 29.3 Å². The molecule has 1 amide bonds. The first-order chi connectivity index (χ1) is 14.9. The van der Waals surface area contributed by atoms with Crippen LogP contribution in [0.4, 0.5) is 0 Å². The van der Waals surface area contributed by atoms with Crippen LogP contribution in [-0.2, 0) is 11.3 Å². The number of halogens is 1. The smallest absolute Gasteiger partial charge is 0.253 e. The van der Waals surface area contributed by atoms with E-state index in [1.165, 1.54) is 0 Å². The number of carbonyl (C=O) groups excluding carboxylic acids is 1. The number of rotatable bonds is 10. The van der Waals surface area contributed by atoms with Gasteiger partial charge in [0.05, 0.1) is 25.4 Å². The number of morpholine rings is 1. The Hall–Kier alpha value is -1.43. The number of amides is 1. The van der Waals surface area contributed by atoms with Crippen molar-refractivity contribution in [1.82, 2.24) is 20.4 Å². The molecular weight excluding hydrogens is 521 g/mol. The summed E-state index contributed by atoms with van der Waals surface area (Å²) in [5, 5.41) is 17.2. The van der Waals surface area contributed by atoms with Crippen LogP contribution >= 0.6 is 24.0 Å². The highest BCUT2D eigenvalue weighted by Gasteiger charge is 2.25. The molecule has 0 saturated carbocycles. The molecule has 32 heavy (non-hydrogen) atoms. The van der Waals surface area contributed by atoms with Gasteiger partial charge in [0.25, 0.3) is 5.91 Å². The Morgan fingerprint density at radius 3 is 2.34 bits per heavy atom. The van der Waals surface area contributed by atoms with Crippen molar-refractivity contribution < 1.29 is 14.6 Å². The van der Waals surface area contributed by atoms with Crippen LogP contribution in [0.25, 0.3) is 0 Å². The minimum Gasteiger partial charge on any atom is -0.387 e. The Labute approximate surface area is 209 Å². The van der Waals surface area contributed by atoms with Crippen molar-refractivity contribution in [2.24, 2.45) is 4.99 Å². The highest BCUT2D eigenvalue weighted by Crippen LogP contribution is 2.10. The van der Waals surface area contributed by atoms with Crippen LogP contribution in [0.5, 0.6) is 0 Å². The second kappa shape index (κ2) is 14.7. The molecule has 0 spiro atoms. The Balaban J connectivity index is 0.00000512. The van der Waals surface area contributed by atoms with Crippen LogP contribution in [-0.4, -0.2) is 91.4 Å². The molecule has 0 aromatic heterocycles. The summed E-state index contributed by atoms with van der Waals surface area (Å²) in [6.07, 6.45) is 0. The van der Waals surface area contributed by atoms with E-state index in [0.29, 0.717) is 57.5 Å². The van der Waals surface area contributed by atoms with Gasteiger partial charge in [-0.2, -0.15) is 0 Å². The van der Waals surface area contributed by atoms with E-state index < -0.39 is 5.60 Å². The fourth-order valence-corrected chi connectivity index (χ4v) is 3.53. The molecule has 9 heteroatoms. The van der Waals surface area contributed by atoms with Crippen LogP contribution in [0.2, 0.25) is 0 Å². The third-order valence-electron chi connectivity index (χ3n) is 5.32. The van der Waals surface area contributed by atoms with Gasteiger partial charge in [0.15, 0.2) is 5.96 Å². The van der Waals surface area contributed by atoms with E-state index >= 15 is 0 Å². The number of benzene rings is 1. The molecule has 0 aliphatic carbocycles. The lowest BCUT2D eigenvalue weighted by Gasteiger charge is -2.34. The van der Waals surface area contributed by atoms with Gasteiger partial charge in [-0.3, -0.25) is 9.69 Å². The first kappa shape index (κ1) is 28.6. The summed E-state index contributed by atoms with van der Waals surface area (Å²) in [6.45, 7) is 14.5. The molecule has 2 rings (SSSR count). The Kier molecular flexibility index (Phi) is 13.1. The lowest BCUT2D eigenvalue weighted by atomic mass is 10.1. The summed E-state index contributed by atoms with van der Waals surface area (Å²) in [5.74, 6) is 0.714. The molecule has 1 heterocycles. The fourth-order valence-electron chi connectivity index (χ4n) is 3.53. The normalized spacial score (nSPS) is 16.6. The summed E-state index contributed by atoms with van der Waals surface area (Å²) in [5.41, 5.74) is 0.842. The van der Waals surface area contributed by atoms with Crippen molar-refractivity contribution in [3.8, 4) is 0 Å². The number of β-amino-alcohol motifs (C(OH)–C–C–N with tert-alkyl or cyclic N) is 1.